The smallest absolute Gasteiger partial charge is 0.100 e. The van der Waals surface area contributed by atoms with E-state index in [2.05, 4.69) is 77.4 Å². The van der Waals surface area contributed by atoms with Gasteiger partial charge in [0.25, 0.3) is 0 Å². The SMILES string of the molecule is c1ccc(-n2cnc3c4ccccc4c4ccccc4c32)cc1. The summed E-state index contributed by atoms with van der Waals surface area (Å²) in [5, 5.41) is 4.97. The number of benzene rings is 4. The van der Waals surface area contributed by atoms with Gasteiger partial charge in [-0.2, -0.15) is 0 Å². The number of aromatic nitrogens is 2. The van der Waals surface area contributed by atoms with Gasteiger partial charge in [-0.1, -0.05) is 66.7 Å². The molecule has 0 fully saturated rings. The number of para-hydroxylation sites is 1. The van der Waals surface area contributed by atoms with Crippen LogP contribution in [0.2, 0.25) is 0 Å². The zero-order chi connectivity index (χ0) is 15.2. The molecule has 0 unspecified atom stereocenters. The van der Waals surface area contributed by atoms with Crippen molar-refractivity contribution < 1.29 is 0 Å². The third kappa shape index (κ3) is 1.72. The normalized spacial score (nSPS) is 11.5. The van der Waals surface area contributed by atoms with Crippen molar-refractivity contribution in [3.63, 3.8) is 0 Å². The van der Waals surface area contributed by atoms with Gasteiger partial charge in [-0.3, -0.25) is 4.57 Å². The van der Waals surface area contributed by atoms with Crippen LogP contribution in [0.4, 0.5) is 0 Å². The van der Waals surface area contributed by atoms with E-state index in [1.54, 1.807) is 0 Å². The topological polar surface area (TPSA) is 17.8 Å². The summed E-state index contributed by atoms with van der Waals surface area (Å²) in [5.41, 5.74) is 3.36. The molecule has 5 rings (SSSR count). The molecule has 0 saturated carbocycles. The predicted molar refractivity (Wildman–Crippen MR) is 96.1 cm³/mol. The third-order valence-electron chi connectivity index (χ3n) is 4.46. The predicted octanol–water partition coefficient (Wildman–Crippen LogP) is 5.33. The molecule has 0 atom stereocenters. The van der Waals surface area contributed by atoms with Crippen LogP contribution in [0.1, 0.15) is 0 Å². The van der Waals surface area contributed by atoms with Crippen LogP contribution >= 0.6 is 0 Å². The quantitative estimate of drug-likeness (QED) is 0.382. The van der Waals surface area contributed by atoms with Gasteiger partial charge in [0.15, 0.2) is 0 Å². The number of hydrogen-bond acceptors (Lipinski definition) is 1. The number of hydrogen-bond donors (Lipinski definition) is 0. The Kier molecular flexibility index (Phi) is 2.53. The lowest BCUT2D eigenvalue weighted by Gasteiger charge is -2.09. The fourth-order valence-corrected chi connectivity index (χ4v) is 3.44. The molecule has 2 nitrogen and oxygen atoms in total. The molecule has 0 radical (unpaired) electrons. The maximum atomic E-state index is 4.74. The van der Waals surface area contributed by atoms with Crippen LogP contribution in [0, 0.1) is 0 Å². The average molecular weight is 294 g/mol. The molecule has 1 aromatic heterocycles. The summed E-state index contributed by atoms with van der Waals surface area (Å²) in [5.74, 6) is 0. The average Bonchev–Trinajstić information content (AvgIpc) is 3.08. The van der Waals surface area contributed by atoms with Crippen molar-refractivity contribution in [2.75, 3.05) is 0 Å². The van der Waals surface area contributed by atoms with E-state index in [4.69, 9.17) is 4.98 Å². The minimum atomic E-state index is 1.06. The number of imidazole rings is 1. The second-order valence-electron chi connectivity index (χ2n) is 5.74. The maximum absolute atomic E-state index is 4.74. The molecule has 2 heteroatoms. The van der Waals surface area contributed by atoms with Crippen molar-refractivity contribution in [3.05, 3.63) is 85.2 Å². The highest BCUT2D eigenvalue weighted by atomic mass is 15.0. The zero-order valence-corrected chi connectivity index (χ0v) is 12.5. The van der Waals surface area contributed by atoms with Crippen LogP contribution in [-0.2, 0) is 0 Å². The summed E-state index contributed by atoms with van der Waals surface area (Å²) >= 11 is 0. The van der Waals surface area contributed by atoms with Crippen LogP contribution < -0.4 is 0 Å². The molecule has 5 aromatic rings. The van der Waals surface area contributed by atoms with Crippen molar-refractivity contribution in [3.8, 4) is 5.69 Å². The second kappa shape index (κ2) is 4.68. The van der Waals surface area contributed by atoms with E-state index in [-0.39, 0.29) is 0 Å². The standard InChI is InChI=1S/C21H14N2/c1-2-8-15(9-3-1)23-14-22-20-18-12-6-4-10-16(18)17-11-5-7-13-19(17)21(20)23/h1-14H. The molecule has 1 heterocycles. The lowest BCUT2D eigenvalue weighted by molar-refractivity contribution is 1.10. The fourth-order valence-electron chi connectivity index (χ4n) is 3.44. The molecule has 0 aliphatic rings. The molecule has 0 aliphatic heterocycles. The molecular formula is C21H14N2. The summed E-state index contributed by atoms with van der Waals surface area (Å²) < 4.78 is 2.18. The molecular weight excluding hydrogens is 280 g/mol. The Morgan fingerprint density at radius 1 is 0.565 bits per heavy atom. The highest BCUT2D eigenvalue weighted by molar-refractivity contribution is 6.23. The van der Waals surface area contributed by atoms with Gasteiger partial charge in [0, 0.05) is 16.5 Å². The summed E-state index contributed by atoms with van der Waals surface area (Å²) in [7, 11) is 0. The first kappa shape index (κ1) is 12.4. The van der Waals surface area contributed by atoms with E-state index in [0.717, 1.165) is 11.2 Å². The molecule has 0 bridgehead atoms. The molecule has 0 aliphatic carbocycles. The van der Waals surface area contributed by atoms with Gasteiger partial charge >= 0.3 is 0 Å². The molecule has 23 heavy (non-hydrogen) atoms. The minimum absolute atomic E-state index is 1.06. The Hall–Kier alpha value is -3.13. The lowest BCUT2D eigenvalue weighted by atomic mass is 10.00. The van der Waals surface area contributed by atoms with Crippen molar-refractivity contribution >= 4 is 32.6 Å². The Labute approximate surface area is 133 Å². The van der Waals surface area contributed by atoms with E-state index in [1.807, 2.05) is 12.4 Å². The van der Waals surface area contributed by atoms with Gasteiger partial charge in [0.2, 0.25) is 0 Å². The third-order valence-corrected chi connectivity index (χ3v) is 4.46. The van der Waals surface area contributed by atoms with E-state index < -0.39 is 0 Å². The Morgan fingerprint density at radius 3 is 1.87 bits per heavy atom. The minimum Gasteiger partial charge on any atom is -0.298 e. The first-order valence-electron chi connectivity index (χ1n) is 7.75. The first-order chi connectivity index (χ1) is 11.4. The van der Waals surface area contributed by atoms with Crippen molar-refractivity contribution in [2.24, 2.45) is 0 Å². The summed E-state index contributed by atoms with van der Waals surface area (Å²) in [4.78, 5) is 4.74. The van der Waals surface area contributed by atoms with Gasteiger partial charge in [0.1, 0.15) is 6.33 Å². The molecule has 0 N–H and O–H groups in total. The molecule has 0 amide bonds. The van der Waals surface area contributed by atoms with E-state index in [0.29, 0.717) is 0 Å². The number of nitrogens with zero attached hydrogens (tertiary/aromatic N) is 2. The number of fused-ring (bicyclic) bond motifs is 6. The van der Waals surface area contributed by atoms with Gasteiger partial charge in [-0.05, 0) is 22.9 Å². The molecule has 0 spiro atoms. The molecule has 0 saturated heterocycles. The maximum Gasteiger partial charge on any atom is 0.100 e. The Bertz CT molecular complexity index is 1150. The monoisotopic (exact) mass is 294 g/mol. The van der Waals surface area contributed by atoms with Crippen molar-refractivity contribution in [1.29, 1.82) is 0 Å². The van der Waals surface area contributed by atoms with Crippen molar-refractivity contribution in [2.45, 2.75) is 0 Å². The highest BCUT2D eigenvalue weighted by Crippen LogP contribution is 2.35. The van der Waals surface area contributed by atoms with Gasteiger partial charge < -0.3 is 0 Å². The lowest BCUT2D eigenvalue weighted by Crippen LogP contribution is -1.92. The summed E-state index contributed by atoms with van der Waals surface area (Å²) in [6, 6.07) is 27.5. The zero-order valence-electron chi connectivity index (χ0n) is 12.5. The van der Waals surface area contributed by atoms with Crippen LogP contribution in [0.3, 0.4) is 0 Å². The Balaban J connectivity index is 2.06. The van der Waals surface area contributed by atoms with Gasteiger partial charge in [-0.25, -0.2) is 4.98 Å². The van der Waals surface area contributed by atoms with Crippen LogP contribution in [-0.4, -0.2) is 9.55 Å². The van der Waals surface area contributed by atoms with Gasteiger partial charge in [-0.15, -0.1) is 0 Å². The van der Waals surface area contributed by atoms with E-state index in [1.165, 1.54) is 27.1 Å². The van der Waals surface area contributed by atoms with Gasteiger partial charge in [0.05, 0.1) is 11.0 Å². The van der Waals surface area contributed by atoms with Crippen LogP contribution in [0.5, 0.6) is 0 Å². The molecule has 108 valence electrons. The van der Waals surface area contributed by atoms with E-state index >= 15 is 0 Å². The molecule has 4 aromatic carbocycles. The van der Waals surface area contributed by atoms with Crippen LogP contribution in [0.25, 0.3) is 38.3 Å². The summed E-state index contributed by atoms with van der Waals surface area (Å²) in [6.45, 7) is 0. The number of rotatable bonds is 1. The fraction of sp³-hybridized carbons (Fsp3) is 0. The largest absolute Gasteiger partial charge is 0.298 e. The Morgan fingerprint density at radius 2 is 1.13 bits per heavy atom. The summed E-state index contributed by atoms with van der Waals surface area (Å²) in [6.07, 6.45) is 1.93. The van der Waals surface area contributed by atoms with Crippen LogP contribution in [0.15, 0.2) is 85.2 Å². The highest BCUT2D eigenvalue weighted by Gasteiger charge is 2.13. The van der Waals surface area contributed by atoms with E-state index in [9.17, 15) is 0 Å². The second-order valence-corrected chi connectivity index (χ2v) is 5.74. The van der Waals surface area contributed by atoms with Crippen molar-refractivity contribution in [1.82, 2.24) is 9.55 Å². The first-order valence-corrected chi connectivity index (χ1v) is 7.75.